The van der Waals surface area contributed by atoms with E-state index in [1.165, 1.54) is 6.21 Å². The largest absolute Gasteiger partial charge is 0.609 e. The van der Waals surface area contributed by atoms with E-state index in [1.807, 2.05) is 12.1 Å². The molecule has 144 valence electrons. The third-order valence-electron chi connectivity index (χ3n) is 5.08. The summed E-state index contributed by atoms with van der Waals surface area (Å²) in [5.41, 5.74) is 5.25. The van der Waals surface area contributed by atoms with Gasteiger partial charge < -0.3 is 19.8 Å². The van der Waals surface area contributed by atoms with Crippen molar-refractivity contribution < 1.29 is 4.55 Å². The average molecular weight is 386 g/mol. The number of nitrogens with zero attached hydrogens (tertiary/aromatic N) is 4. The Kier molecular flexibility index (Phi) is 6.01. The molecule has 7 heteroatoms. The van der Waals surface area contributed by atoms with E-state index in [1.54, 1.807) is 6.26 Å². The molecule has 1 N–H and O–H groups in total. The molecule has 0 saturated carbocycles. The summed E-state index contributed by atoms with van der Waals surface area (Å²) in [5, 5.41) is 8.15. The van der Waals surface area contributed by atoms with Gasteiger partial charge in [-0.15, -0.1) is 0 Å². The lowest BCUT2D eigenvalue weighted by molar-refractivity contribution is 0.586. The fourth-order valence-electron chi connectivity index (χ4n) is 3.72. The number of anilines is 2. The SMILES string of the molecule is CCN(CC)c1nc([S+](C)[O-])nc2c1CCN(c1c(C)cccc1C=N)C2. The Bertz CT molecular complexity index is 835. The lowest BCUT2D eigenvalue weighted by atomic mass is 10.0. The molecule has 0 saturated heterocycles. The van der Waals surface area contributed by atoms with Crippen LogP contribution in [-0.4, -0.2) is 46.6 Å². The maximum Gasteiger partial charge on any atom is 0.344 e. The van der Waals surface area contributed by atoms with Crippen LogP contribution in [0, 0.1) is 12.3 Å². The summed E-state index contributed by atoms with van der Waals surface area (Å²) in [6.45, 7) is 9.50. The number of nitrogens with one attached hydrogen (secondary N) is 1. The normalized spacial score (nSPS) is 14.6. The monoisotopic (exact) mass is 385 g/mol. The number of hydrogen-bond acceptors (Lipinski definition) is 6. The quantitative estimate of drug-likeness (QED) is 0.470. The molecule has 0 spiro atoms. The van der Waals surface area contributed by atoms with Gasteiger partial charge in [0.2, 0.25) is 0 Å². The van der Waals surface area contributed by atoms with Gasteiger partial charge in [0.25, 0.3) is 0 Å². The summed E-state index contributed by atoms with van der Waals surface area (Å²) < 4.78 is 12.1. The van der Waals surface area contributed by atoms with Crippen molar-refractivity contribution in [2.24, 2.45) is 0 Å². The van der Waals surface area contributed by atoms with Crippen LogP contribution in [0.2, 0.25) is 0 Å². The van der Waals surface area contributed by atoms with E-state index < -0.39 is 11.2 Å². The van der Waals surface area contributed by atoms with Gasteiger partial charge in [0.1, 0.15) is 12.1 Å². The topological polar surface area (TPSA) is 79.2 Å². The van der Waals surface area contributed by atoms with Crippen molar-refractivity contribution in [3.05, 3.63) is 40.6 Å². The van der Waals surface area contributed by atoms with Gasteiger partial charge in [-0.25, -0.2) is 0 Å². The highest BCUT2D eigenvalue weighted by Crippen LogP contribution is 2.32. The van der Waals surface area contributed by atoms with Gasteiger partial charge >= 0.3 is 5.16 Å². The Hall–Kier alpha value is -2.12. The van der Waals surface area contributed by atoms with E-state index in [4.69, 9.17) is 5.41 Å². The van der Waals surface area contributed by atoms with Gasteiger partial charge in [-0.1, -0.05) is 18.2 Å². The molecular formula is C20H27N5OS. The van der Waals surface area contributed by atoms with E-state index >= 15 is 0 Å². The Balaban J connectivity index is 2.06. The zero-order chi connectivity index (χ0) is 19.6. The zero-order valence-electron chi connectivity index (χ0n) is 16.5. The second kappa shape index (κ2) is 8.27. The number of para-hydroxylation sites is 1. The van der Waals surface area contributed by atoms with Gasteiger partial charge in [-0.2, -0.15) is 9.97 Å². The zero-order valence-corrected chi connectivity index (χ0v) is 17.3. The van der Waals surface area contributed by atoms with Gasteiger partial charge in [0, 0.05) is 53.8 Å². The maximum absolute atomic E-state index is 12.1. The first-order valence-corrected chi connectivity index (χ1v) is 10.9. The fraction of sp³-hybridized carbons (Fsp3) is 0.450. The molecule has 0 bridgehead atoms. The van der Waals surface area contributed by atoms with E-state index in [0.29, 0.717) is 11.7 Å². The Labute approximate surface area is 164 Å². The average Bonchev–Trinajstić information content (AvgIpc) is 2.67. The highest BCUT2D eigenvalue weighted by atomic mass is 32.2. The van der Waals surface area contributed by atoms with E-state index in [0.717, 1.165) is 59.9 Å². The number of aromatic nitrogens is 2. The summed E-state index contributed by atoms with van der Waals surface area (Å²) in [6.07, 6.45) is 3.87. The van der Waals surface area contributed by atoms with Crippen molar-refractivity contribution in [1.82, 2.24) is 9.97 Å². The van der Waals surface area contributed by atoms with Crippen LogP contribution in [0.25, 0.3) is 0 Å². The van der Waals surface area contributed by atoms with Crippen LogP contribution in [0.4, 0.5) is 11.5 Å². The molecule has 2 aromatic rings. The van der Waals surface area contributed by atoms with Crippen LogP contribution in [0.1, 0.15) is 36.2 Å². The molecule has 0 amide bonds. The molecule has 0 radical (unpaired) electrons. The molecular weight excluding hydrogens is 358 g/mol. The van der Waals surface area contributed by atoms with Gasteiger partial charge in [-0.05, 0) is 32.8 Å². The Morgan fingerprint density at radius 1 is 1.30 bits per heavy atom. The van der Waals surface area contributed by atoms with Crippen molar-refractivity contribution in [2.45, 2.75) is 38.9 Å². The molecule has 6 nitrogen and oxygen atoms in total. The summed E-state index contributed by atoms with van der Waals surface area (Å²) in [6, 6.07) is 6.03. The molecule has 1 unspecified atom stereocenters. The van der Waals surface area contributed by atoms with Crippen molar-refractivity contribution in [3.63, 3.8) is 0 Å². The highest BCUT2D eigenvalue weighted by molar-refractivity contribution is 7.90. The smallest absolute Gasteiger partial charge is 0.344 e. The van der Waals surface area contributed by atoms with Gasteiger partial charge in [-0.3, -0.25) is 0 Å². The van der Waals surface area contributed by atoms with Crippen LogP contribution >= 0.6 is 0 Å². The van der Waals surface area contributed by atoms with Crippen LogP contribution in [0.5, 0.6) is 0 Å². The maximum atomic E-state index is 12.1. The lowest BCUT2D eigenvalue weighted by Gasteiger charge is -2.34. The molecule has 27 heavy (non-hydrogen) atoms. The number of hydrogen-bond donors (Lipinski definition) is 1. The number of benzene rings is 1. The van der Waals surface area contributed by atoms with Gasteiger partial charge in [0.05, 0.1) is 12.2 Å². The molecule has 3 rings (SSSR count). The first-order valence-electron chi connectivity index (χ1n) is 9.33. The minimum atomic E-state index is -1.23. The first-order chi connectivity index (χ1) is 13.0. The molecule has 2 heterocycles. The van der Waals surface area contributed by atoms with E-state index in [-0.39, 0.29) is 0 Å². The van der Waals surface area contributed by atoms with Crippen LogP contribution in [-0.2, 0) is 24.1 Å². The summed E-state index contributed by atoms with van der Waals surface area (Å²) in [4.78, 5) is 13.8. The molecule has 1 atom stereocenters. The number of rotatable bonds is 6. The third kappa shape index (κ3) is 3.80. The predicted molar refractivity (Wildman–Crippen MR) is 112 cm³/mol. The van der Waals surface area contributed by atoms with Crippen LogP contribution < -0.4 is 9.80 Å². The van der Waals surface area contributed by atoms with Crippen molar-refractivity contribution in [1.29, 1.82) is 5.41 Å². The lowest BCUT2D eigenvalue weighted by Crippen LogP contribution is -2.35. The summed E-state index contributed by atoms with van der Waals surface area (Å²) in [7, 11) is 0. The van der Waals surface area contributed by atoms with E-state index in [9.17, 15) is 4.55 Å². The number of fused-ring (bicyclic) bond motifs is 1. The second-order valence-corrected chi connectivity index (χ2v) is 7.98. The number of aryl methyl sites for hydroxylation is 1. The van der Waals surface area contributed by atoms with Crippen LogP contribution in [0.3, 0.4) is 0 Å². The predicted octanol–water partition coefficient (Wildman–Crippen LogP) is 2.93. The van der Waals surface area contributed by atoms with Gasteiger partial charge in [0.15, 0.2) is 0 Å². The van der Waals surface area contributed by atoms with Crippen molar-refractivity contribution in [3.8, 4) is 0 Å². The fourth-order valence-corrected chi connectivity index (χ4v) is 4.18. The standard InChI is InChI=1S/C20H27N5OS/c1-5-24(6-2)19-16-10-11-25(13-17(16)22-20(23-19)27(4)26)18-14(3)8-7-9-15(18)12-21/h7-9,12,21H,5-6,10-11,13H2,1-4H3. The highest BCUT2D eigenvalue weighted by Gasteiger charge is 2.28. The third-order valence-corrected chi connectivity index (χ3v) is 5.78. The van der Waals surface area contributed by atoms with Crippen molar-refractivity contribution in [2.75, 3.05) is 35.7 Å². The molecule has 1 aromatic heterocycles. The molecule has 0 aliphatic carbocycles. The Morgan fingerprint density at radius 3 is 2.67 bits per heavy atom. The first kappa shape index (κ1) is 19.6. The Morgan fingerprint density at radius 2 is 2.04 bits per heavy atom. The molecule has 1 aliphatic rings. The van der Waals surface area contributed by atoms with E-state index in [2.05, 4.69) is 46.6 Å². The minimum absolute atomic E-state index is 0.398. The second-order valence-electron chi connectivity index (χ2n) is 6.71. The minimum Gasteiger partial charge on any atom is -0.609 e. The molecule has 1 aromatic carbocycles. The van der Waals surface area contributed by atoms with Crippen molar-refractivity contribution >= 4 is 28.9 Å². The van der Waals surface area contributed by atoms with Crippen LogP contribution in [0.15, 0.2) is 23.4 Å². The molecule has 0 fully saturated rings. The summed E-state index contributed by atoms with van der Waals surface area (Å²) in [5.74, 6) is 0.923. The molecule has 1 aliphatic heterocycles. The summed E-state index contributed by atoms with van der Waals surface area (Å²) >= 11 is -1.23.